The van der Waals surface area contributed by atoms with Gasteiger partial charge in [-0.15, -0.1) is 0 Å². The molecule has 3 unspecified atom stereocenters. The summed E-state index contributed by atoms with van der Waals surface area (Å²) in [5, 5.41) is 25.6. The monoisotopic (exact) mass is 389 g/mol. The van der Waals surface area contributed by atoms with Gasteiger partial charge in [0.25, 0.3) is 0 Å². The highest BCUT2D eigenvalue weighted by atomic mass is 16.4. The number of hydrogen-bond donors (Lipinski definition) is 7. The number of carbonyl (C=O) groups excluding carboxylic acids is 3. The van der Waals surface area contributed by atoms with Gasteiger partial charge in [0.05, 0.1) is 13.2 Å². The number of aliphatic hydroxyl groups excluding tert-OH is 1. The summed E-state index contributed by atoms with van der Waals surface area (Å²) in [5.41, 5.74) is 10.5. The maximum Gasteiger partial charge on any atom is 0.326 e. The summed E-state index contributed by atoms with van der Waals surface area (Å²) in [6, 6.07) is -3.42. The third-order valence-electron chi connectivity index (χ3n) is 3.83. The van der Waals surface area contributed by atoms with Crippen molar-refractivity contribution in [3.05, 3.63) is 0 Å². The van der Waals surface area contributed by atoms with Gasteiger partial charge in [-0.05, 0) is 31.7 Å². The molecule has 0 radical (unpaired) electrons. The number of rotatable bonds is 13. The number of aliphatic hydroxyl groups is 1. The van der Waals surface area contributed by atoms with Crippen molar-refractivity contribution in [3.63, 3.8) is 0 Å². The summed E-state index contributed by atoms with van der Waals surface area (Å²) in [5.74, 6) is -3.63. The van der Waals surface area contributed by atoms with Crippen LogP contribution in [0.2, 0.25) is 0 Å². The summed E-state index contributed by atoms with van der Waals surface area (Å²) in [6.45, 7) is 2.71. The fourth-order valence-electron chi connectivity index (χ4n) is 2.25. The van der Waals surface area contributed by atoms with Crippen LogP contribution in [0, 0.1) is 5.92 Å². The van der Waals surface area contributed by atoms with Crippen molar-refractivity contribution in [1.29, 1.82) is 0 Å². The smallest absolute Gasteiger partial charge is 0.326 e. The van der Waals surface area contributed by atoms with Gasteiger partial charge < -0.3 is 37.6 Å². The van der Waals surface area contributed by atoms with Crippen molar-refractivity contribution in [2.75, 3.05) is 19.7 Å². The number of nitrogens with one attached hydrogen (secondary N) is 3. The van der Waals surface area contributed by atoms with Crippen molar-refractivity contribution in [1.82, 2.24) is 16.0 Å². The molecule has 0 aliphatic carbocycles. The lowest BCUT2D eigenvalue weighted by Crippen LogP contribution is -2.58. The second-order valence-corrected chi connectivity index (χ2v) is 6.42. The van der Waals surface area contributed by atoms with E-state index in [4.69, 9.17) is 11.5 Å². The summed E-state index contributed by atoms with van der Waals surface area (Å²) in [6.07, 6.45) is 1.37. The molecular weight excluding hydrogens is 358 g/mol. The van der Waals surface area contributed by atoms with Crippen molar-refractivity contribution in [2.24, 2.45) is 17.4 Å². The van der Waals surface area contributed by atoms with E-state index in [9.17, 15) is 29.4 Å². The number of amides is 3. The molecule has 0 aliphatic rings. The van der Waals surface area contributed by atoms with Crippen LogP contribution in [0.15, 0.2) is 0 Å². The molecule has 3 atom stereocenters. The largest absolute Gasteiger partial charge is 0.480 e. The molecule has 9 N–H and O–H groups in total. The maximum absolute atomic E-state index is 12.5. The summed E-state index contributed by atoms with van der Waals surface area (Å²) in [7, 11) is 0. The Labute approximate surface area is 158 Å². The Morgan fingerprint density at radius 1 is 0.926 bits per heavy atom. The molecular formula is C16H31N5O6. The molecule has 0 bridgehead atoms. The van der Waals surface area contributed by atoms with Gasteiger partial charge in [0, 0.05) is 0 Å². The number of carboxylic acid groups (broad SMARTS) is 1. The van der Waals surface area contributed by atoms with Gasteiger partial charge >= 0.3 is 5.97 Å². The molecule has 0 aromatic heterocycles. The zero-order valence-electron chi connectivity index (χ0n) is 15.7. The van der Waals surface area contributed by atoms with Crippen LogP contribution >= 0.6 is 0 Å². The molecule has 0 saturated heterocycles. The van der Waals surface area contributed by atoms with E-state index in [1.807, 2.05) is 0 Å². The van der Waals surface area contributed by atoms with E-state index < -0.39 is 48.4 Å². The minimum absolute atomic E-state index is 0.211. The molecule has 0 aromatic rings. The molecule has 11 heteroatoms. The molecule has 0 heterocycles. The predicted octanol–water partition coefficient (Wildman–Crippen LogP) is -2.74. The van der Waals surface area contributed by atoms with Crippen LogP contribution in [0.1, 0.15) is 33.1 Å². The first kappa shape index (κ1) is 24.8. The van der Waals surface area contributed by atoms with Crippen molar-refractivity contribution in [2.45, 2.75) is 51.2 Å². The van der Waals surface area contributed by atoms with Gasteiger partial charge in [-0.25, -0.2) is 4.79 Å². The fourth-order valence-corrected chi connectivity index (χ4v) is 2.25. The summed E-state index contributed by atoms with van der Waals surface area (Å²) >= 11 is 0. The number of hydrogen-bond acceptors (Lipinski definition) is 7. The molecule has 0 rings (SSSR count). The summed E-state index contributed by atoms with van der Waals surface area (Å²) in [4.78, 5) is 47.3. The van der Waals surface area contributed by atoms with E-state index in [1.54, 1.807) is 13.8 Å². The average molecular weight is 389 g/mol. The van der Waals surface area contributed by atoms with Crippen LogP contribution in [0.3, 0.4) is 0 Å². The molecule has 0 aromatic carbocycles. The third kappa shape index (κ3) is 9.31. The first-order valence-corrected chi connectivity index (χ1v) is 8.81. The van der Waals surface area contributed by atoms with Crippen LogP contribution in [-0.4, -0.2) is 71.7 Å². The Morgan fingerprint density at radius 3 is 2.00 bits per heavy atom. The lowest BCUT2D eigenvalue weighted by Gasteiger charge is -2.26. The average Bonchev–Trinajstić information content (AvgIpc) is 2.62. The Balaban J connectivity index is 5.02. The highest BCUT2D eigenvalue weighted by molar-refractivity contribution is 5.93. The number of carbonyl (C=O) groups is 4. The van der Waals surface area contributed by atoms with Crippen LogP contribution in [0.25, 0.3) is 0 Å². The Morgan fingerprint density at radius 2 is 1.56 bits per heavy atom. The SMILES string of the molecule is CC(C)C(NC(=O)C(CO)NC(=O)CN)C(=O)NC(CCCCN)C(=O)O. The lowest BCUT2D eigenvalue weighted by atomic mass is 10.0. The van der Waals surface area contributed by atoms with E-state index in [0.717, 1.165) is 0 Å². The van der Waals surface area contributed by atoms with Crippen molar-refractivity contribution >= 4 is 23.7 Å². The highest BCUT2D eigenvalue weighted by Crippen LogP contribution is 2.06. The Hall–Kier alpha value is -2.24. The third-order valence-corrected chi connectivity index (χ3v) is 3.83. The maximum atomic E-state index is 12.5. The predicted molar refractivity (Wildman–Crippen MR) is 97.3 cm³/mol. The molecule has 0 aliphatic heterocycles. The van der Waals surface area contributed by atoms with Gasteiger partial charge in [0.2, 0.25) is 17.7 Å². The Kier molecular flexibility index (Phi) is 11.9. The summed E-state index contributed by atoms with van der Waals surface area (Å²) < 4.78 is 0. The zero-order valence-corrected chi connectivity index (χ0v) is 15.7. The number of aliphatic carboxylic acids is 1. The quantitative estimate of drug-likeness (QED) is 0.165. The van der Waals surface area contributed by atoms with Gasteiger partial charge in [-0.1, -0.05) is 13.8 Å². The zero-order chi connectivity index (χ0) is 21.0. The molecule has 3 amide bonds. The molecule has 156 valence electrons. The number of carboxylic acids is 1. The van der Waals surface area contributed by atoms with Gasteiger partial charge in [-0.2, -0.15) is 0 Å². The minimum atomic E-state index is -1.27. The normalized spacial score (nSPS) is 14.1. The highest BCUT2D eigenvalue weighted by Gasteiger charge is 2.30. The van der Waals surface area contributed by atoms with E-state index in [0.29, 0.717) is 19.4 Å². The second-order valence-electron chi connectivity index (χ2n) is 6.42. The van der Waals surface area contributed by atoms with E-state index in [1.165, 1.54) is 0 Å². The topological polar surface area (TPSA) is 197 Å². The van der Waals surface area contributed by atoms with Crippen LogP contribution in [0.4, 0.5) is 0 Å². The molecule has 0 spiro atoms. The number of nitrogens with two attached hydrogens (primary N) is 2. The molecule has 0 fully saturated rings. The number of unbranched alkanes of at least 4 members (excludes halogenated alkanes) is 1. The lowest BCUT2D eigenvalue weighted by molar-refractivity contribution is -0.142. The van der Waals surface area contributed by atoms with Crippen molar-refractivity contribution in [3.8, 4) is 0 Å². The van der Waals surface area contributed by atoms with Gasteiger partial charge in [-0.3, -0.25) is 14.4 Å². The fraction of sp³-hybridized carbons (Fsp3) is 0.750. The van der Waals surface area contributed by atoms with E-state index in [-0.39, 0.29) is 18.9 Å². The van der Waals surface area contributed by atoms with Crippen LogP contribution in [0.5, 0.6) is 0 Å². The van der Waals surface area contributed by atoms with Crippen LogP contribution < -0.4 is 27.4 Å². The van der Waals surface area contributed by atoms with Gasteiger partial charge in [0.1, 0.15) is 18.1 Å². The van der Waals surface area contributed by atoms with Crippen LogP contribution in [-0.2, 0) is 19.2 Å². The standard InChI is InChI=1S/C16H31N5O6/c1-9(2)13(21-14(24)11(8-22)19-12(23)7-18)15(25)20-10(16(26)27)5-3-4-6-17/h9-11,13,22H,3-8,17-18H2,1-2H3,(H,19,23)(H,20,25)(H,21,24)(H,26,27). The van der Waals surface area contributed by atoms with Gasteiger partial charge in [0.15, 0.2) is 0 Å². The van der Waals surface area contributed by atoms with Crippen molar-refractivity contribution < 1.29 is 29.4 Å². The molecule has 11 nitrogen and oxygen atoms in total. The second kappa shape index (κ2) is 13.0. The Bertz CT molecular complexity index is 514. The minimum Gasteiger partial charge on any atom is -0.480 e. The van der Waals surface area contributed by atoms with E-state index in [2.05, 4.69) is 16.0 Å². The first-order valence-electron chi connectivity index (χ1n) is 8.81. The first-order chi connectivity index (χ1) is 12.7. The molecule has 0 saturated carbocycles. The van der Waals surface area contributed by atoms with E-state index >= 15 is 0 Å². The molecule has 27 heavy (non-hydrogen) atoms.